The molecule has 16 heavy (non-hydrogen) atoms. The smallest absolute Gasteiger partial charge is 0.125 e. The van der Waals surface area contributed by atoms with Crippen molar-refractivity contribution in [2.75, 3.05) is 11.9 Å². The molecule has 1 aromatic carbocycles. The second-order valence-electron chi connectivity index (χ2n) is 3.72. The molecule has 0 aliphatic rings. The van der Waals surface area contributed by atoms with Crippen LogP contribution < -0.4 is 5.32 Å². The second kappa shape index (κ2) is 5.12. The summed E-state index contributed by atoms with van der Waals surface area (Å²) < 4.78 is 13.0. The van der Waals surface area contributed by atoms with E-state index < -0.39 is 0 Å². The maximum absolute atomic E-state index is 13.0. The average Bonchev–Trinajstić information content (AvgIpc) is 2.76. The largest absolute Gasteiger partial charge is 0.384 e. The van der Waals surface area contributed by atoms with Gasteiger partial charge in [-0.1, -0.05) is 12.1 Å². The van der Waals surface area contributed by atoms with Gasteiger partial charge in [0, 0.05) is 17.1 Å². The average molecular weight is 235 g/mol. The number of rotatable bonds is 4. The number of benzene rings is 1. The summed E-state index contributed by atoms with van der Waals surface area (Å²) in [5.74, 6) is -0.191. The number of aryl methyl sites for hydroxylation is 1. The van der Waals surface area contributed by atoms with Crippen molar-refractivity contribution in [3.05, 3.63) is 52.0 Å². The van der Waals surface area contributed by atoms with E-state index in [2.05, 4.69) is 16.8 Å². The fourth-order valence-electron chi connectivity index (χ4n) is 1.56. The van der Waals surface area contributed by atoms with Gasteiger partial charge in [-0.15, -0.1) is 11.3 Å². The van der Waals surface area contributed by atoms with Gasteiger partial charge in [0.2, 0.25) is 0 Å². The summed E-state index contributed by atoms with van der Waals surface area (Å²) in [5, 5.41) is 5.33. The molecule has 0 bridgehead atoms. The Labute approximate surface area is 98.9 Å². The molecule has 2 aromatic rings. The van der Waals surface area contributed by atoms with Crippen molar-refractivity contribution in [2.45, 2.75) is 13.3 Å². The summed E-state index contributed by atoms with van der Waals surface area (Å²) in [6.45, 7) is 2.82. The molecule has 0 atom stereocenters. The Balaban J connectivity index is 1.92. The number of thiophene rings is 1. The molecule has 84 valence electrons. The molecular formula is C13H14FNS. The van der Waals surface area contributed by atoms with Crippen LogP contribution in [0.2, 0.25) is 0 Å². The summed E-state index contributed by atoms with van der Waals surface area (Å²) in [7, 11) is 0. The first kappa shape index (κ1) is 11.1. The summed E-state index contributed by atoms with van der Waals surface area (Å²) in [6, 6.07) is 8.99. The molecule has 1 N–H and O–H groups in total. The van der Waals surface area contributed by atoms with Crippen molar-refractivity contribution in [3.8, 4) is 0 Å². The summed E-state index contributed by atoms with van der Waals surface area (Å²) in [6.07, 6.45) is 0.980. The first-order valence-electron chi connectivity index (χ1n) is 5.28. The highest BCUT2D eigenvalue weighted by molar-refractivity contribution is 7.09. The molecule has 0 spiro atoms. The van der Waals surface area contributed by atoms with Crippen LogP contribution in [0.1, 0.15) is 10.4 Å². The van der Waals surface area contributed by atoms with Gasteiger partial charge < -0.3 is 5.32 Å². The number of halogens is 1. The zero-order valence-electron chi connectivity index (χ0n) is 9.16. The fourth-order valence-corrected chi connectivity index (χ4v) is 2.27. The molecule has 2 rings (SSSR count). The van der Waals surface area contributed by atoms with E-state index in [0.717, 1.165) is 24.2 Å². The lowest BCUT2D eigenvalue weighted by Crippen LogP contribution is -2.05. The van der Waals surface area contributed by atoms with Gasteiger partial charge in [-0.2, -0.15) is 0 Å². The molecular weight excluding hydrogens is 221 g/mol. The summed E-state index contributed by atoms with van der Waals surface area (Å²) in [5.41, 5.74) is 1.96. The third-order valence-corrected chi connectivity index (χ3v) is 3.40. The molecule has 0 saturated carbocycles. The van der Waals surface area contributed by atoms with Crippen LogP contribution in [-0.2, 0) is 6.42 Å². The van der Waals surface area contributed by atoms with Crippen LogP contribution in [0.3, 0.4) is 0 Å². The van der Waals surface area contributed by atoms with Crippen LogP contribution in [0, 0.1) is 12.7 Å². The lowest BCUT2D eigenvalue weighted by molar-refractivity contribution is 0.628. The second-order valence-corrected chi connectivity index (χ2v) is 4.75. The molecule has 0 amide bonds. The topological polar surface area (TPSA) is 12.0 Å². The number of hydrogen-bond donors (Lipinski definition) is 1. The van der Waals surface area contributed by atoms with Gasteiger partial charge in [0.25, 0.3) is 0 Å². The standard InChI is InChI=1S/C13H14FNS/c1-10-4-5-11(14)9-13(10)15-7-6-12-3-2-8-16-12/h2-5,8-9,15H,6-7H2,1H3. The Morgan fingerprint density at radius 1 is 1.31 bits per heavy atom. The maximum atomic E-state index is 13.0. The zero-order chi connectivity index (χ0) is 11.4. The van der Waals surface area contributed by atoms with E-state index in [-0.39, 0.29) is 5.82 Å². The molecule has 0 aliphatic carbocycles. The van der Waals surface area contributed by atoms with Gasteiger partial charge in [-0.25, -0.2) is 4.39 Å². The van der Waals surface area contributed by atoms with Crippen LogP contribution in [0.15, 0.2) is 35.7 Å². The molecule has 1 heterocycles. The fraction of sp³-hybridized carbons (Fsp3) is 0.231. The molecule has 3 heteroatoms. The summed E-state index contributed by atoms with van der Waals surface area (Å²) in [4.78, 5) is 1.35. The molecule has 1 aromatic heterocycles. The van der Waals surface area contributed by atoms with E-state index in [1.165, 1.54) is 10.9 Å². The van der Waals surface area contributed by atoms with E-state index in [1.807, 2.05) is 13.0 Å². The Hall–Kier alpha value is -1.35. The van der Waals surface area contributed by atoms with Crippen LogP contribution in [0.4, 0.5) is 10.1 Å². The van der Waals surface area contributed by atoms with Crippen LogP contribution >= 0.6 is 11.3 Å². The van der Waals surface area contributed by atoms with Gasteiger partial charge in [-0.3, -0.25) is 0 Å². The van der Waals surface area contributed by atoms with E-state index in [9.17, 15) is 4.39 Å². The van der Waals surface area contributed by atoms with Crippen molar-refractivity contribution in [1.82, 2.24) is 0 Å². The van der Waals surface area contributed by atoms with Gasteiger partial charge in [0.05, 0.1) is 0 Å². The lowest BCUT2D eigenvalue weighted by Gasteiger charge is -2.08. The highest BCUT2D eigenvalue weighted by atomic mass is 32.1. The van der Waals surface area contributed by atoms with E-state index >= 15 is 0 Å². The predicted octanol–water partition coefficient (Wildman–Crippen LogP) is 3.85. The highest BCUT2D eigenvalue weighted by Gasteiger charge is 2.00. The van der Waals surface area contributed by atoms with Gasteiger partial charge in [-0.05, 0) is 42.5 Å². The minimum Gasteiger partial charge on any atom is -0.384 e. The third-order valence-electron chi connectivity index (χ3n) is 2.47. The molecule has 0 fully saturated rings. The van der Waals surface area contributed by atoms with Crippen molar-refractivity contribution in [3.63, 3.8) is 0 Å². The number of anilines is 1. The van der Waals surface area contributed by atoms with Crippen LogP contribution in [0.25, 0.3) is 0 Å². The maximum Gasteiger partial charge on any atom is 0.125 e. The van der Waals surface area contributed by atoms with Gasteiger partial charge in [0.15, 0.2) is 0 Å². The number of nitrogens with one attached hydrogen (secondary N) is 1. The predicted molar refractivity (Wildman–Crippen MR) is 67.6 cm³/mol. The lowest BCUT2D eigenvalue weighted by atomic mass is 10.2. The third kappa shape index (κ3) is 2.83. The van der Waals surface area contributed by atoms with Crippen LogP contribution in [0.5, 0.6) is 0 Å². The molecule has 0 unspecified atom stereocenters. The number of hydrogen-bond acceptors (Lipinski definition) is 2. The monoisotopic (exact) mass is 235 g/mol. The van der Waals surface area contributed by atoms with Gasteiger partial charge >= 0.3 is 0 Å². The van der Waals surface area contributed by atoms with Crippen molar-refractivity contribution < 1.29 is 4.39 Å². The quantitative estimate of drug-likeness (QED) is 0.848. The normalized spacial score (nSPS) is 10.4. The van der Waals surface area contributed by atoms with Crippen LogP contribution in [-0.4, -0.2) is 6.54 Å². The minimum atomic E-state index is -0.191. The molecule has 0 saturated heterocycles. The van der Waals surface area contributed by atoms with Gasteiger partial charge in [0.1, 0.15) is 5.82 Å². The van der Waals surface area contributed by atoms with Crippen molar-refractivity contribution in [2.24, 2.45) is 0 Å². The molecule has 0 radical (unpaired) electrons. The Bertz CT molecular complexity index is 451. The zero-order valence-corrected chi connectivity index (χ0v) is 9.98. The first-order chi connectivity index (χ1) is 7.75. The van der Waals surface area contributed by atoms with Crippen molar-refractivity contribution >= 4 is 17.0 Å². The van der Waals surface area contributed by atoms with E-state index in [4.69, 9.17) is 0 Å². The summed E-state index contributed by atoms with van der Waals surface area (Å²) >= 11 is 1.75. The van der Waals surface area contributed by atoms with Crippen molar-refractivity contribution in [1.29, 1.82) is 0 Å². The molecule has 1 nitrogen and oxygen atoms in total. The Kier molecular flexibility index (Phi) is 3.57. The van der Waals surface area contributed by atoms with E-state index in [1.54, 1.807) is 23.5 Å². The first-order valence-corrected chi connectivity index (χ1v) is 6.16. The Morgan fingerprint density at radius 3 is 2.94 bits per heavy atom. The molecule has 0 aliphatic heterocycles. The Morgan fingerprint density at radius 2 is 2.19 bits per heavy atom. The highest BCUT2D eigenvalue weighted by Crippen LogP contribution is 2.16. The SMILES string of the molecule is Cc1ccc(F)cc1NCCc1cccs1. The van der Waals surface area contributed by atoms with E-state index in [0.29, 0.717) is 0 Å². The minimum absolute atomic E-state index is 0.191.